The Hall–Kier alpha value is -2.77. The molecule has 0 bridgehead atoms. The third-order valence-electron chi connectivity index (χ3n) is 5.07. The van der Waals surface area contributed by atoms with Gasteiger partial charge in [0.25, 0.3) is 5.56 Å². The number of fused-ring (bicyclic) bond motifs is 2. The minimum Gasteiger partial charge on any atom is -0.354 e. The standard InChI is InChI=1S/C20H19N5OS/c26-20-14-3-1-2-4-16(14)22-18(23-20)13-24-8-10-25(11-9-24)19-15-6-12-27-17(15)5-7-21-19/h1-7,12H,8-11,13H2,(H,22,23,26). The molecule has 4 heterocycles. The van der Waals surface area contributed by atoms with Gasteiger partial charge in [0.15, 0.2) is 0 Å². The van der Waals surface area contributed by atoms with Gasteiger partial charge in [0, 0.05) is 42.5 Å². The van der Waals surface area contributed by atoms with E-state index in [0.717, 1.165) is 43.3 Å². The zero-order valence-corrected chi connectivity index (χ0v) is 15.6. The van der Waals surface area contributed by atoms with E-state index in [1.54, 1.807) is 11.3 Å². The molecule has 0 atom stereocenters. The number of anilines is 1. The van der Waals surface area contributed by atoms with Crippen LogP contribution in [0.15, 0.2) is 52.8 Å². The molecule has 1 aliphatic rings. The van der Waals surface area contributed by atoms with E-state index in [0.29, 0.717) is 11.9 Å². The van der Waals surface area contributed by atoms with E-state index in [9.17, 15) is 4.79 Å². The highest BCUT2D eigenvalue weighted by molar-refractivity contribution is 7.17. The highest BCUT2D eigenvalue weighted by atomic mass is 32.1. The molecule has 0 spiro atoms. The fraction of sp³-hybridized carbons (Fsp3) is 0.250. The molecule has 1 aromatic carbocycles. The second-order valence-electron chi connectivity index (χ2n) is 6.76. The van der Waals surface area contributed by atoms with Crippen LogP contribution in [0.5, 0.6) is 0 Å². The summed E-state index contributed by atoms with van der Waals surface area (Å²) in [4.78, 5) is 29.1. The van der Waals surface area contributed by atoms with Crippen LogP contribution in [-0.2, 0) is 6.54 Å². The Balaban J connectivity index is 1.31. The molecule has 136 valence electrons. The predicted molar refractivity (Wildman–Crippen MR) is 109 cm³/mol. The number of para-hydroxylation sites is 1. The highest BCUT2D eigenvalue weighted by Gasteiger charge is 2.20. The average molecular weight is 377 g/mol. The van der Waals surface area contributed by atoms with Gasteiger partial charge in [0.05, 0.1) is 17.4 Å². The van der Waals surface area contributed by atoms with E-state index >= 15 is 0 Å². The normalized spacial score (nSPS) is 15.6. The summed E-state index contributed by atoms with van der Waals surface area (Å²) in [5.41, 5.74) is 0.686. The second-order valence-corrected chi connectivity index (χ2v) is 7.71. The summed E-state index contributed by atoms with van der Waals surface area (Å²) < 4.78 is 1.28. The molecule has 5 rings (SSSR count). The SMILES string of the molecule is O=c1[nH]c(CN2CCN(c3nccc4sccc34)CC2)nc2ccccc12. The number of hydrogen-bond acceptors (Lipinski definition) is 6. The van der Waals surface area contributed by atoms with Gasteiger partial charge in [-0.3, -0.25) is 9.69 Å². The molecule has 0 saturated carbocycles. The zero-order chi connectivity index (χ0) is 18.2. The van der Waals surface area contributed by atoms with Crippen LogP contribution >= 0.6 is 11.3 Å². The van der Waals surface area contributed by atoms with Crippen molar-refractivity contribution in [2.45, 2.75) is 6.54 Å². The second kappa shape index (κ2) is 6.75. The van der Waals surface area contributed by atoms with Gasteiger partial charge >= 0.3 is 0 Å². The first-order valence-corrected chi connectivity index (χ1v) is 9.93. The minimum atomic E-state index is -0.0671. The van der Waals surface area contributed by atoms with Crippen molar-refractivity contribution in [3.05, 3.63) is 64.2 Å². The lowest BCUT2D eigenvalue weighted by atomic mass is 10.2. The molecule has 3 aromatic heterocycles. The Bertz CT molecular complexity index is 1160. The lowest BCUT2D eigenvalue weighted by Crippen LogP contribution is -2.46. The molecule has 0 amide bonds. The van der Waals surface area contributed by atoms with Gasteiger partial charge in [-0.2, -0.15) is 0 Å². The molecule has 1 aliphatic heterocycles. The summed E-state index contributed by atoms with van der Waals surface area (Å²) in [7, 11) is 0. The Labute approximate surface area is 160 Å². The Kier molecular flexibility index (Phi) is 4.10. The van der Waals surface area contributed by atoms with Gasteiger partial charge < -0.3 is 9.88 Å². The zero-order valence-electron chi connectivity index (χ0n) is 14.8. The van der Waals surface area contributed by atoms with E-state index < -0.39 is 0 Å². The third kappa shape index (κ3) is 3.09. The Morgan fingerprint density at radius 3 is 2.78 bits per heavy atom. The Morgan fingerprint density at radius 2 is 1.89 bits per heavy atom. The van der Waals surface area contributed by atoms with E-state index in [4.69, 9.17) is 0 Å². The molecule has 27 heavy (non-hydrogen) atoms. The number of nitrogens with zero attached hydrogens (tertiary/aromatic N) is 4. The van der Waals surface area contributed by atoms with Crippen LogP contribution in [0.3, 0.4) is 0 Å². The van der Waals surface area contributed by atoms with E-state index in [2.05, 4.69) is 42.3 Å². The number of piperazine rings is 1. The van der Waals surface area contributed by atoms with Crippen LogP contribution in [0.25, 0.3) is 21.0 Å². The van der Waals surface area contributed by atoms with Crippen LogP contribution in [0.1, 0.15) is 5.82 Å². The summed E-state index contributed by atoms with van der Waals surface area (Å²) in [5, 5.41) is 3.99. The number of aromatic amines is 1. The average Bonchev–Trinajstić information content (AvgIpc) is 3.18. The maximum Gasteiger partial charge on any atom is 0.258 e. The van der Waals surface area contributed by atoms with E-state index in [1.165, 1.54) is 10.1 Å². The van der Waals surface area contributed by atoms with Gasteiger partial charge in [-0.1, -0.05) is 12.1 Å². The molecule has 0 aliphatic carbocycles. The molecule has 4 aromatic rings. The topological polar surface area (TPSA) is 65.1 Å². The number of benzene rings is 1. The molecule has 1 fully saturated rings. The van der Waals surface area contributed by atoms with Crippen molar-refractivity contribution in [1.82, 2.24) is 19.9 Å². The van der Waals surface area contributed by atoms with Gasteiger partial charge in [0.1, 0.15) is 11.6 Å². The number of aromatic nitrogens is 3. The van der Waals surface area contributed by atoms with Crippen LogP contribution < -0.4 is 10.5 Å². The quantitative estimate of drug-likeness (QED) is 0.595. The summed E-state index contributed by atoms with van der Waals surface area (Å²) in [6.45, 7) is 4.32. The molecular formula is C20H19N5OS. The monoisotopic (exact) mass is 377 g/mol. The van der Waals surface area contributed by atoms with Gasteiger partial charge in [-0.15, -0.1) is 11.3 Å². The Morgan fingerprint density at radius 1 is 1.04 bits per heavy atom. The summed E-state index contributed by atoms with van der Waals surface area (Å²) >= 11 is 1.75. The van der Waals surface area contributed by atoms with Crippen molar-refractivity contribution in [3.63, 3.8) is 0 Å². The number of H-pyrrole nitrogens is 1. The number of nitrogens with one attached hydrogen (secondary N) is 1. The first-order chi connectivity index (χ1) is 13.3. The van der Waals surface area contributed by atoms with Gasteiger partial charge in [-0.25, -0.2) is 9.97 Å². The summed E-state index contributed by atoms with van der Waals surface area (Å²) in [5.74, 6) is 1.80. The van der Waals surface area contributed by atoms with Gasteiger partial charge in [0.2, 0.25) is 0 Å². The summed E-state index contributed by atoms with van der Waals surface area (Å²) in [6.07, 6.45) is 1.89. The van der Waals surface area contributed by atoms with Crippen LogP contribution in [0, 0.1) is 0 Å². The van der Waals surface area contributed by atoms with Crippen molar-refractivity contribution in [2.75, 3.05) is 31.1 Å². The molecule has 0 radical (unpaired) electrons. The van der Waals surface area contributed by atoms with Crippen molar-refractivity contribution in [1.29, 1.82) is 0 Å². The van der Waals surface area contributed by atoms with Crippen molar-refractivity contribution < 1.29 is 0 Å². The molecular weight excluding hydrogens is 358 g/mol. The molecule has 1 N–H and O–H groups in total. The molecule has 7 heteroatoms. The lowest BCUT2D eigenvalue weighted by Gasteiger charge is -2.35. The first-order valence-electron chi connectivity index (χ1n) is 9.05. The van der Waals surface area contributed by atoms with Crippen molar-refractivity contribution in [2.24, 2.45) is 0 Å². The van der Waals surface area contributed by atoms with Crippen LogP contribution in [0.2, 0.25) is 0 Å². The third-order valence-corrected chi connectivity index (χ3v) is 5.95. The maximum atomic E-state index is 12.2. The predicted octanol–water partition coefficient (Wildman–Crippen LogP) is 2.86. The first kappa shape index (κ1) is 16.4. The smallest absolute Gasteiger partial charge is 0.258 e. The molecule has 0 unspecified atom stereocenters. The number of thiophene rings is 1. The number of pyridine rings is 1. The largest absolute Gasteiger partial charge is 0.354 e. The summed E-state index contributed by atoms with van der Waals surface area (Å²) in [6, 6.07) is 11.7. The molecule has 6 nitrogen and oxygen atoms in total. The highest BCUT2D eigenvalue weighted by Crippen LogP contribution is 2.29. The van der Waals surface area contributed by atoms with E-state index in [-0.39, 0.29) is 5.56 Å². The van der Waals surface area contributed by atoms with Crippen molar-refractivity contribution >= 4 is 38.1 Å². The number of rotatable bonds is 3. The van der Waals surface area contributed by atoms with E-state index in [1.807, 2.05) is 30.5 Å². The van der Waals surface area contributed by atoms with Crippen LogP contribution in [0.4, 0.5) is 5.82 Å². The van der Waals surface area contributed by atoms with Gasteiger partial charge in [-0.05, 0) is 29.6 Å². The van der Waals surface area contributed by atoms with Crippen molar-refractivity contribution in [3.8, 4) is 0 Å². The fourth-order valence-corrected chi connectivity index (χ4v) is 4.45. The maximum absolute atomic E-state index is 12.2. The lowest BCUT2D eigenvalue weighted by molar-refractivity contribution is 0.244. The molecule has 1 saturated heterocycles. The van der Waals surface area contributed by atoms with Crippen LogP contribution in [-0.4, -0.2) is 46.0 Å². The number of hydrogen-bond donors (Lipinski definition) is 1. The minimum absolute atomic E-state index is 0.0671. The fourth-order valence-electron chi connectivity index (χ4n) is 3.67.